The highest BCUT2D eigenvalue weighted by Crippen LogP contribution is 2.21. The van der Waals surface area contributed by atoms with Crippen molar-refractivity contribution in [3.05, 3.63) is 47.6 Å². The van der Waals surface area contributed by atoms with Crippen LogP contribution in [0.15, 0.2) is 42.6 Å². The average Bonchev–Trinajstić information content (AvgIpc) is 2.92. The third-order valence-electron chi connectivity index (χ3n) is 4.44. The quantitative estimate of drug-likeness (QED) is 0.708. The van der Waals surface area contributed by atoms with E-state index < -0.39 is 0 Å². The van der Waals surface area contributed by atoms with Crippen molar-refractivity contribution in [2.45, 2.75) is 44.6 Å². The van der Waals surface area contributed by atoms with Crippen LogP contribution in [0.1, 0.15) is 38.5 Å². The normalized spacial score (nSPS) is 15.1. The van der Waals surface area contributed by atoms with Gasteiger partial charge in [0.1, 0.15) is 11.6 Å². The third kappa shape index (κ3) is 5.92. The lowest BCUT2D eigenvalue weighted by atomic mass is 10.1. The monoisotopic (exact) mass is 373 g/mol. The number of nitrogens with zero attached hydrogens (tertiary/aromatic N) is 1. The second-order valence-electron chi connectivity index (χ2n) is 6.56. The summed E-state index contributed by atoms with van der Waals surface area (Å²) in [6.45, 7) is -0.0658. The maximum Gasteiger partial charge on any atom is 0.262 e. The molecule has 1 saturated carbocycles. The van der Waals surface area contributed by atoms with Crippen LogP contribution in [0.5, 0.6) is 5.75 Å². The average molecular weight is 374 g/mol. The minimum atomic E-state index is -0.230. The fraction of sp³-hybridized carbons (Fsp3) is 0.400. The van der Waals surface area contributed by atoms with Gasteiger partial charge in [-0.05, 0) is 49.2 Å². The highest BCUT2D eigenvalue weighted by molar-refractivity contribution is 6.30. The molecule has 0 aliphatic heterocycles. The van der Waals surface area contributed by atoms with Crippen molar-refractivity contribution >= 4 is 29.0 Å². The first-order chi connectivity index (χ1) is 12.7. The Balaban J connectivity index is 1.45. The van der Waals surface area contributed by atoms with E-state index in [-0.39, 0.29) is 12.5 Å². The fourth-order valence-corrected chi connectivity index (χ4v) is 3.19. The van der Waals surface area contributed by atoms with Gasteiger partial charge < -0.3 is 15.4 Å². The number of hydrogen-bond acceptors (Lipinski definition) is 4. The van der Waals surface area contributed by atoms with Gasteiger partial charge in [-0.3, -0.25) is 4.79 Å². The summed E-state index contributed by atoms with van der Waals surface area (Å²) in [6.07, 6.45) is 9.27. The van der Waals surface area contributed by atoms with Gasteiger partial charge in [0, 0.05) is 11.1 Å². The molecule has 3 rings (SSSR count). The Kier molecular flexibility index (Phi) is 6.72. The number of ether oxygens (including phenoxy) is 1. The lowest BCUT2D eigenvalue weighted by Gasteiger charge is -2.17. The molecule has 1 aromatic heterocycles. The molecule has 1 heterocycles. The molecule has 5 nitrogen and oxygen atoms in total. The van der Waals surface area contributed by atoms with Crippen LogP contribution in [-0.4, -0.2) is 23.5 Å². The van der Waals surface area contributed by atoms with Crippen molar-refractivity contribution in [3.63, 3.8) is 0 Å². The summed E-state index contributed by atoms with van der Waals surface area (Å²) in [7, 11) is 0. The summed E-state index contributed by atoms with van der Waals surface area (Å²) in [5.41, 5.74) is 0.654. The molecule has 2 aromatic rings. The van der Waals surface area contributed by atoms with Gasteiger partial charge >= 0.3 is 0 Å². The van der Waals surface area contributed by atoms with Crippen LogP contribution in [0.2, 0.25) is 5.02 Å². The number of nitrogens with one attached hydrogen (secondary N) is 2. The highest BCUT2D eigenvalue weighted by atomic mass is 35.5. The Bertz CT molecular complexity index is 696. The topological polar surface area (TPSA) is 63.2 Å². The zero-order chi connectivity index (χ0) is 18.2. The van der Waals surface area contributed by atoms with Crippen molar-refractivity contribution in [2.24, 2.45) is 0 Å². The van der Waals surface area contributed by atoms with Gasteiger partial charge in [-0.2, -0.15) is 0 Å². The number of pyridine rings is 1. The number of halogens is 1. The zero-order valence-electron chi connectivity index (χ0n) is 14.7. The SMILES string of the molecule is O=C(COc1ccc(Cl)cc1)Nc1ccc(NC2CCCCCC2)nc1. The smallest absolute Gasteiger partial charge is 0.262 e. The van der Waals surface area contributed by atoms with E-state index in [4.69, 9.17) is 16.3 Å². The van der Waals surface area contributed by atoms with Crippen LogP contribution in [0.3, 0.4) is 0 Å². The van der Waals surface area contributed by atoms with Gasteiger partial charge in [0.2, 0.25) is 0 Å². The van der Waals surface area contributed by atoms with E-state index in [0.29, 0.717) is 22.5 Å². The molecule has 0 radical (unpaired) electrons. The molecule has 6 heteroatoms. The minimum Gasteiger partial charge on any atom is -0.484 e. The van der Waals surface area contributed by atoms with Gasteiger partial charge in [0.05, 0.1) is 11.9 Å². The lowest BCUT2D eigenvalue weighted by Crippen LogP contribution is -2.21. The number of aromatic nitrogens is 1. The molecule has 0 atom stereocenters. The molecule has 26 heavy (non-hydrogen) atoms. The van der Waals surface area contributed by atoms with Crippen LogP contribution in [0.4, 0.5) is 11.5 Å². The molecule has 0 spiro atoms. The standard InChI is InChI=1S/C20H24ClN3O2/c21-15-7-10-18(11-8-15)26-14-20(25)24-17-9-12-19(22-13-17)23-16-5-3-1-2-4-6-16/h7-13,16H,1-6,14H2,(H,22,23)(H,24,25). The molecule has 138 valence electrons. The highest BCUT2D eigenvalue weighted by Gasteiger charge is 2.12. The van der Waals surface area contributed by atoms with E-state index in [1.54, 1.807) is 30.5 Å². The van der Waals surface area contributed by atoms with Gasteiger partial charge in [-0.25, -0.2) is 4.98 Å². The fourth-order valence-electron chi connectivity index (χ4n) is 3.06. The maximum absolute atomic E-state index is 12.0. The summed E-state index contributed by atoms with van der Waals surface area (Å²) in [4.78, 5) is 16.4. The lowest BCUT2D eigenvalue weighted by molar-refractivity contribution is -0.118. The first kappa shape index (κ1) is 18.5. The minimum absolute atomic E-state index is 0.0658. The van der Waals surface area contributed by atoms with Gasteiger partial charge in [-0.1, -0.05) is 37.3 Å². The van der Waals surface area contributed by atoms with E-state index in [1.807, 2.05) is 12.1 Å². The first-order valence-electron chi connectivity index (χ1n) is 9.10. The summed E-state index contributed by atoms with van der Waals surface area (Å²) in [5, 5.41) is 6.91. The molecule has 0 saturated heterocycles. The second kappa shape index (κ2) is 9.43. The Morgan fingerprint density at radius 1 is 1.08 bits per heavy atom. The maximum atomic E-state index is 12.0. The van der Waals surface area contributed by atoms with Crippen molar-refractivity contribution in [1.29, 1.82) is 0 Å². The number of carbonyl (C=O) groups excluding carboxylic acids is 1. The number of hydrogen-bond donors (Lipinski definition) is 2. The molecule has 2 N–H and O–H groups in total. The molecular formula is C20H24ClN3O2. The molecular weight excluding hydrogens is 350 g/mol. The van der Waals surface area contributed by atoms with E-state index >= 15 is 0 Å². The van der Waals surface area contributed by atoms with Gasteiger partial charge in [-0.15, -0.1) is 0 Å². The summed E-state index contributed by atoms with van der Waals surface area (Å²) in [6, 6.07) is 11.2. The second-order valence-corrected chi connectivity index (χ2v) is 6.99. The van der Waals surface area contributed by atoms with Gasteiger partial charge in [0.25, 0.3) is 5.91 Å². The number of benzene rings is 1. The molecule has 1 aliphatic rings. The van der Waals surface area contributed by atoms with E-state index in [1.165, 1.54) is 38.5 Å². The molecule has 1 amide bonds. The molecule has 1 fully saturated rings. The van der Waals surface area contributed by atoms with Crippen molar-refractivity contribution in [2.75, 3.05) is 17.2 Å². The summed E-state index contributed by atoms with van der Waals surface area (Å²) >= 11 is 5.82. The van der Waals surface area contributed by atoms with Crippen molar-refractivity contribution in [1.82, 2.24) is 4.98 Å². The Hall–Kier alpha value is -2.27. The van der Waals surface area contributed by atoms with Crippen LogP contribution >= 0.6 is 11.6 Å². The predicted molar refractivity (Wildman–Crippen MR) is 105 cm³/mol. The van der Waals surface area contributed by atoms with E-state index in [0.717, 1.165) is 5.82 Å². The molecule has 0 bridgehead atoms. The largest absolute Gasteiger partial charge is 0.484 e. The number of amides is 1. The van der Waals surface area contributed by atoms with Crippen molar-refractivity contribution in [3.8, 4) is 5.75 Å². The van der Waals surface area contributed by atoms with Crippen LogP contribution in [-0.2, 0) is 4.79 Å². The van der Waals surface area contributed by atoms with Crippen LogP contribution in [0.25, 0.3) is 0 Å². The van der Waals surface area contributed by atoms with E-state index in [2.05, 4.69) is 15.6 Å². The summed E-state index contributed by atoms with van der Waals surface area (Å²) < 4.78 is 5.43. The van der Waals surface area contributed by atoms with E-state index in [9.17, 15) is 4.79 Å². The Morgan fingerprint density at radius 3 is 2.46 bits per heavy atom. The van der Waals surface area contributed by atoms with Gasteiger partial charge in [0.15, 0.2) is 6.61 Å². The van der Waals surface area contributed by atoms with Crippen molar-refractivity contribution < 1.29 is 9.53 Å². The number of carbonyl (C=O) groups is 1. The Morgan fingerprint density at radius 2 is 1.81 bits per heavy atom. The van der Waals surface area contributed by atoms with Crippen LogP contribution < -0.4 is 15.4 Å². The number of anilines is 2. The first-order valence-corrected chi connectivity index (χ1v) is 9.48. The molecule has 1 aliphatic carbocycles. The zero-order valence-corrected chi connectivity index (χ0v) is 15.5. The van der Waals surface area contributed by atoms with Crippen LogP contribution in [0, 0.1) is 0 Å². The number of rotatable bonds is 6. The summed E-state index contributed by atoms with van der Waals surface area (Å²) in [5.74, 6) is 1.23. The molecule has 1 aromatic carbocycles. The molecule has 0 unspecified atom stereocenters. The Labute approximate surface area is 159 Å². The third-order valence-corrected chi connectivity index (χ3v) is 4.69. The predicted octanol–water partition coefficient (Wildman–Crippen LogP) is 4.89.